The largest absolute Gasteiger partial charge is 0.297 e. The molecule has 2 heteroatoms. The third-order valence-corrected chi connectivity index (χ3v) is 5.03. The van der Waals surface area contributed by atoms with Crippen LogP contribution in [0.25, 0.3) is 0 Å². The van der Waals surface area contributed by atoms with Crippen LogP contribution < -0.4 is 0 Å². The Morgan fingerprint density at radius 1 is 1.39 bits per heavy atom. The van der Waals surface area contributed by atoms with Crippen LogP contribution in [0.15, 0.2) is 24.8 Å². The summed E-state index contributed by atoms with van der Waals surface area (Å²) >= 11 is 0. The molecule has 0 spiro atoms. The highest BCUT2D eigenvalue weighted by Crippen LogP contribution is 2.30. The van der Waals surface area contributed by atoms with Gasteiger partial charge in [0, 0.05) is 18.8 Å². The molecule has 1 saturated heterocycles. The summed E-state index contributed by atoms with van der Waals surface area (Å²) < 4.78 is 0. The molecular formula is C21H34N2. The van der Waals surface area contributed by atoms with Gasteiger partial charge in [-0.2, -0.15) is 0 Å². The molecule has 0 N–H and O–H groups in total. The minimum atomic E-state index is 0.490. The molecule has 2 atom stereocenters. The minimum absolute atomic E-state index is 0.490. The SMILES string of the molecule is C=CCC(CCC)c1ccc(C(C)C)nc1CN1CCC(C)C1. The van der Waals surface area contributed by atoms with Crippen molar-refractivity contribution in [3.8, 4) is 0 Å². The van der Waals surface area contributed by atoms with Gasteiger partial charge in [0.05, 0.1) is 5.69 Å². The molecule has 0 amide bonds. The Morgan fingerprint density at radius 2 is 2.17 bits per heavy atom. The molecule has 0 aliphatic carbocycles. The second kappa shape index (κ2) is 8.63. The van der Waals surface area contributed by atoms with Gasteiger partial charge in [0.2, 0.25) is 0 Å². The highest BCUT2D eigenvalue weighted by Gasteiger charge is 2.22. The molecule has 128 valence electrons. The van der Waals surface area contributed by atoms with E-state index in [1.165, 1.54) is 49.3 Å². The first-order valence-corrected chi connectivity index (χ1v) is 9.38. The molecule has 2 unspecified atom stereocenters. The van der Waals surface area contributed by atoms with E-state index in [4.69, 9.17) is 4.98 Å². The fourth-order valence-corrected chi connectivity index (χ4v) is 3.68. The van der Waals surface area contributed by atoms with Gasteiger partial charge in [-0.05, 0) is 55.2 Å². The van der Waals surface area contributed by atoms with E-state index in [1.807, 2.05) is 0 Å². The maximum atomic E-state index is 5.07. The summed E-state index contributed by atoms with van der Waals surface area (Å²) in [6.07, 6.45) is 6.88. The summed E-state index contributed by atoms with van der Waals surface area (Å²) in [5.41, 5.74) is 3.99. The van der Waals surface area contributed by atoms with Gasteiger partial charge in [-0.3, -0.25) is 9.88 Å². The van der Waals surface area contributed by atoms with Crippen molar-refractivity contribution < 1.29 is 0 Å². The molecule has 23 heavy (non-hydrogen) atoms. The van der Waals surface area contributed by atoms with Crippen LogP contribution in [0.3, 0.4) is 0 Å². The average molecular weight is 315 g/mol. The first-order chi connectivity index (χ1) is 11.0. The molecule has 0 radical (unpaired) electrons. The zero-order chi connectivity index (χ0) is 16.8. The van der Waals surface area contributed by atoms with E-state index in [9.17, 15) is 0 Å². The monoisotopic (exact) mass is 314 g/mol. The van der Waals surface area contributed by atoms with Gasteiger partial charge in [0.25, 0.3) is 0 Å². The van der Waals surface area contributed by atoms with Crippen LogP contribution in [0.2, 0.25) is 0 Å². The molecule has 0 saturated carbocycles. The Morgan fingerprint density at radius 3 is 2.74 bits per heavy atom. The van der Waals surface area contributed by atoms with E-state index < -0.39 is 0 Å². The molecular weight excluding hydrogens is 280 g/mol. The molecule has 1 aliphatic rings. The predicted molar refractivity (Wildman–Crippen MR) is 99.8 cm³/mol. The Kier molecular flexibility index (Phi) is 6.83. The molecule has 1 fully saturated rings. The smallest absolute Gasteiger partial charge is 0.0582 e. The lowest BCUT2D eigenvalue weighted by Gasteiger charge is -2.23. The molecule has 2 rings (SSSR count). The fourth-order valence-electron chi connectivity index (χ4n) is 3.68. The van der Waals surface area contributed by atoms with Crippen molar-refractivity contribution in [1.29, 1.82) is 0 Å². The van der Waals surface area contributed by atoms with Crippen molar-refractivity contribution in [1.82, 2.24) is 9.88 Å². The Hall–Kier alpha value is -1.15. The quantitative estimate of drug-likeness (QED) is 0.588. The van der Waals surface area contributed by atoms with Gasteiger partial charge in [-0.1, -0.05) is 46.3 Å². The summed E-state index contributed by atoms with van der Waals surface area (Å²) in [5, 5.41) is 0. The number of pyridine rings is 1. The summed E-state index contributed by atoms with van der Waals surface area (Å²) in [7, 11) is 0. The van der Waals surface area contributed by atoms with Crippen LogP contribution >= 0.6 is 0 Å². The Bertz CT molecular complexity index is 507. The lowest BCUT2D eigenvalue weighted by atomic mass is 9.89. The summed E-state index contributed by atoms with van der Waals surface area (Å²) in [4.78, 5) is 7.65. The first kappa shape index (κ1) is 18.2. The predicted octanol–water partition coefficient (Wildman–Crippen LogP) is 5.51. The third kappa shape index (κ3) is 4.91. The first-order valence-electron chi connectivity index (χ1n) is 9.38. The third-order valence-electron chi connectivity index (χ3n) is 5.03. The van der Waals surface area contributed by atoms with E-state index in [-0.39, 0.29) is 0 Å². The van der Waals surface area contributed by atoms with Crippen molar-refractivity contribution >= 4 is 0 Å². The van der Waals surface area contributed by atoms with Crippen molar-refractivity contribution in [2.75, 3.05) is 13.1 Å². The normalized spacial score (nSPS) is 20.1. The summed E-state index contributed by atoms with van der Waals surface area (Å²) in [6, 6.07) is 4.59. The number of nitrogens with zero attached hydrogens (tertiary/aromatic N) is 2. The Labute approximate surface area is 143 Å². The number of hydrogen-bond acceptors (Lipinski definition) is 2. The van der Waals surface area contributed by atoms with Crippen LogP contribution in [0.1, 0.15) is 82.2 Å². The number of likely N-dealkylation sites (tertiary alicyclic amines) is 1. The minimum Gasteiger partial charge on any atom is -0.297 e. The van der Waals surface area contributed by atoms with Crippen LogP contribution in [0, 0.1) is 5.92 Å². The van der Waals surface area contributed by atoms with Crippen molar-refractivity contribution in [2.45, 2.75) is 71.8 Å². The molecule has 0 aromatic carbocycles. The molecule has 2 heterocycles. The average Bonchev–Trinajstić information content (AvgIpc) is 2.92. The number of allylic oxidation sites excluding steroid dienone is 1. The van der Waals surface area contributed by atoms with E-state index >= 15 is 0 Å². The molecule has 1 aromatic heterocycles. The van der Waals surface area contributed by atoms with Gasteiger partial charge < -0.3 is 0 Å². The van der Waals surface area contributed by atoms with Gasteiger partial charge in [-0.15, -0.1) is 6.58 Å². The van der Waals surface area contributed by atoms with E-state index in [1.54, 1.807) is 0 Å². The van der Waals surface area contributed by atoms with Crippen LogP contribution in [0.4, 0.5) is 0 Å². The van der Waals surface area contributed by atoms with Crippen LogP contribution in [-0.4, -0.2) is 23.0 Å². The van der Waals surface area contributed by atoms with Gasteiger partial charge in [0.1, 0.15) is 0 Å². The molecule has 0 bridgehead atoms. The highest BCUT2D eigenvalue weighted by molar-refractivity contribution is 5.28. The summed E-state index contributed by atoms with van der Waals surface area (Å²) in [6.45, 7) is 16.5. The van der Waals surface area contributed by atoms with Crippen molar-refractivity contribution in [3.63, 3.8) is 0 Å². The molecule has 2 nitrogen and oxygen atoms in total. The van der Waals surface area contributed by atoms with Crippen molar-refractivity contribution in [3.05, 3.63) is 41.7 Å². The van der Waals surface area contributed by atoms with Gasteiger partial charge >= 0.3 is 0 Å². The highest BCUT2D eigenvalue weighted by atomic mass is 15.1. The number of aromatic nitrogens is 1. The van der Waals surface area contributed by atoms with Crippen molar-refractivity contribution in [2.24, 2.45) is 5.92 Å². The standard InChI is InChI=1S/C21H34N2/c1-6-8-18(9-7-2)19-10-11-20(16(3)4)22-21(19)15-23-13-12-17(5)14-23/h6,10-11,16-18H,1,7-9,12-15H2,2-5H3. The topological polar surface area (TPSA) is 16.1 Å². The second-order valence-corrected chi connectivity index (χ2v) is 7.57. The second-order valence-electron chi connectivity index (χ2n) is 7.57. The summed E-state index contributed by atoms with van der Waals surface area (Å²) in [5.74, 6) is 1.89. The number of rotatable bonds is 8. The lowest BCUT2D eigenvalue weighted by Crippen LogP contribution is -2.22. The Balaban J connectivity index is 2.29. The van der Waals surface area contributed by atoms with Gasteiger partial charge in [0.15, 0.2) is 0 Å². The van der Waals surface area contributed by atoms with Gasteiger partial charge in [-0.25, -0.2) is 0 Å². The number of hydrogen-bond donors (Lipinski definition) is 0. The molecule has 1 aromatic rings. The maximum absolute atomic E-state index is 5.07. The van der Waals surface area contributed by atoms with E-state index in [0.29, 0.717) is 11.8 Å². The van der Waals surface area contributed by atoms with E-state index in [0.717, 1.165) is 18.9 Å². The zero-order valence-electron chi connectivity index (χ0n) is 15.5. The molecule has 1 aliphatic heterocycles. The fraction of sp³-hybridized carbons (Fsp3) is 0.667. The lowest BCUT2D eigenvalue weighted by molar-refractivity contribution is 0.313. The maximum Gasteiger partial charge on any atom is 0.0582 e. The van der Waals surface area contributed by atoms with Crippen LogP contribution in [-0.2, 0) is 6.54 Å². The zero-order valence-corrected chi connectivity index (χ0v) is 15.5. The van der Waals surface area contributed by atoms with E-state index in [2.05, 4.69) is 57.4 Å². The van der Waals surface area contributed by atoms with Crippen LogP contribution in [0.5, 0.6) is 0 Å².